The summed E-state index contributed by atoms with van der Waals surface area (Å²) >= 11 is 0. The summed E-state index contributed by atoms with van der Waals surface area (Å²) in [6.07, 6.45) is 5.63. The monoisotopic (exact) mass is 561 g/mol. The zero-order chi connectivity index (χ0) is 29.3. The molecular weight excluding hydrogens is 534 g/mol. The lowest BCUT2D eigenvalue weighted by molar-refractivity contribution is 1.25. The number of hydrogen-bond acceptors (Lipinski definition) is 3. The van der Waals surface area contributed by atoms with Gasteiger partial charge in [-0.15, -0.1) is 0 Å². The molecule has 0 bridgehead atoms. The molecule has 0 fully saturated rings. The van der Waals surface area contributed by atoms with Crippen LogP contribution in [0.4, 0.5) is 0 Å². The molecule has 0 aliphatic carbocycles. The minimum atomic E-state index is 0.860. The van der Waals surface area contributed by atoms with Crippen molar-refractivity contribution in [3.63, 3.8) is 0 Å². The molecule has 0 atom stereocenters. The Balaban J connectivity index is 1.38. The van der Waals surface area contributed by atoms with Gasteiger partial charge in [-0.05, 0) is 85.8 Å². The summed E-state index contributed by atoms with van der Waals surface area (Å²) in [6, 6.07) is 51.2. The summed E-state index contributed by atoms with van der Waals surface area (Å²) in [5, 5.41) is 4.81. The summed E-state index contributed by atoms with van der Waals surface area (Å²) in [6.45, 7) is 0. The first kappa shape index (κ1) is 25.8. The number of hydrogen-bond donors (Lipinski definition) is 0. The number of nitrogens with zero attached hydrogens (tertiary/aromatic N) is 3. The van der Waals surface area contributed by atoms with Crippen LogP contribution in [-0.4, -0.2) is 15.0 Å². The van der Waals surface area contributed by atoms with Crippen molar-refractivity contribution in [1.82, 2.24) is 15.0 Å². The first-order valence-electron chi connectivity index (χ1n) is 14.8. The maximum Gasteiger partial charge on any atom is 0.0886 e. The maximum atomic E-state index is 4.85. The van der Waals surface area contributed by atoms with E-state index >= 15 is 0 Å². The molecule has 0 aliphatic rings. The highest BCUT2D eigenvalue weighted by atomic mass is 14.8. The van der Waals surface area contributed by atoms with E-state index < -0.39 is 0 Å². The molecule has 0 unspecified atom stereocenters. The van der Waals surface area contributed by atoms with Crippen LogP contribution in [0.2, 0.25) is 0 Å². The molecule has 206 valence electrons. The quantitative estimate of drug-likeness (QED) is 0.196. The molecule has 3 aromatic heterocycles. The van der Waals surface area contributed by atoms with E-state index in [1.807, 2.05) is 48.8 Å². The van der Waals surface area contributed by atoms with Crippen molar-refractivity contribution in [3.05, 3.63) is 164 Å². The molecule has 44 heavy (non-hydrogen) atoms. The van der Waals surface area contributed by atoms with Crippen LogP contribution in [0.25, 0.3) is 77.6 Å². The lowest BCUT2D eigenvalue weighted by atomic mass is 9.85. The number of rotatable bonds is 5. The molecule has 0 saturated heterocycles. The van der Waals surface area contributed by atoms with Crippen molar-refractivity contribution in [2.24, 2.45) is 0 Å². The molecule has 0 amide bonds. The van der Waals surface area contributed by atoms with Gasteiger partial charge in [-0.3, -0.25) is 15.0 Å². The topological polar surface area (TPSA) is 38.7 Å². The Morgan fingerprint density at radius 2 is 0.841 bits per heavy atom. The summed E-state index contributed by atoms with van der Waals surface area (Å²) in [5.41, 5.74) is 10.8. The molecule has 5 aromatic carbocycles. The van der Waals surface area contributed by atoms with Gasteiger partial charge in [0.2, 0.25) is 0 Å². The van der Waals surface area contributed by atoms with Crippen LogP contribution >= 0.6 is 0 Å². The molecule has 8 rings (SSSR count). The highest BCUT2D eigenvalue weighted by Gasteiger charge is 2.18. The van der Waals surface area contributed by atoms with Crippen LogP contribution in [0.5, 0.6) is 0 Å². The van der Waals surface area contributed by atoms with Crippen LogP contribution in [0.15, 0.2) is 164 Å². The zero-order valence-electron chi connectivity index (χ0n) is 23.9. The summed E-state index contributed by atoms with van der Waals surface area (Å²) < 4.78 is 0. The van der Waals surface area contributed by atoms with Gasteiger partial charge < -0.3 is 0 Å². The first-order chi connectivity index (χ1) is 21.8. The predicted molar refractivity (Wildman–Crippen MR) is 182 cm³/mol. The van der Waals surface area contributed by atoms with E-state index in [9.17, 15) is 0 Å². The minimum absolute atomic E-state index is 0.860. The van der Waals surface area contributed by atoms with Crippen molar-refractivity contribution < 1.29 is 0 Å². The van der Waals surface area contributed by atoms with E-state index in [0.29, 0.717) is 0 Å². The van der Waals surface area contributed by atoms with Crippen LogP contribution in [0.3, 0.4) is 0 Å². The van der Waals surface area contributed by atoms with E-state index in [1.54, 1.807) is 6.20 Å². The molecule has 0 saturated carbocycles. The Morgan fingerprint density at radius 3 is 1.50 bits per heavy atom. The predicted octanol–water partition coefficient (Wildman–Crippen LogP) is 10.5. The molecule has 3 nitrogen and oxygen atoms in total. The van der Waals surface area contributed by atoms with Gasteiger partial charge in [0.1, 0.15) is 0 Å². The lowest BCUT2D eigenvalue weighted by Gasteiger charge is -2.19. The standard InChI is InChI=1S/C41H27N3/c1-2-10-28(11-3-1)31-20-22-35-36(26-31)40(30-18-16-29(17-19-30)37-14-6-8-24-42-37)33-12-4-5-13-34(33)41(35)32-21-23-39(44-27-32)38-15-7-9-25-43-38/h1-27H. The summed E-state index contributed by atoms with van der Waals surface area (Å²) in [4.78, 5) is 13.9. The van der Waals surface area contributed by atoms with Gasteiger partial charge in [0.15, 0.2) is 0 Å². The average molecular weight is 562 g/mol. The van der Waals surface area contributed by atoms with E-state index in [1.165, 1.54) is 49.4 Å². The van der Waals surface area contributed by atoms with Crippen molar-refractivity contribution in [1.29, 1.82) is 0 Å². The van der Waals surface area contributed by atoms with Gasteiger partial charge in [0.05, 0.1) is 17.1 Å². The number of pyridine rings is 3. The maximum absolute atomic E-state index is 4.85. The third kappa shape index (κ3) is 4.61. The Hall–Kier alpha value is -5.93. The number of benzene rings is 5. The van der Waals surface area contributed by atoms with E-state index in [2.05, 4.69) is 119 Å². The number of fused-ring (bicyclic) bond motifs is 2. The van der Waals surface area contributed by atoms with Gasteiger partial charge in [0, 0.05) is 29.7 Å². The molecule has 0 N–H and O–H groups in total. The van der Waals surface area contributed by atoms with Gasteiger partial charge in [-0.1, -0.05) is 109 Å². The van der Waals surface area contributed by atoms with Crippen molar-refractivity contribution in [2.75, 3.05) is 0 Å². The second-order valence-electron chi connectivity index (χ2n) is 10.9. The second kappa shape index (κ2) is 11.0. The van der Waals surface area contributed by atoms with Crippen LogP contribution < -0.4 is 0 Å². The van der Waals surface area contributed by atoms with E-state index in [0.717, 1.165) is 28.2 Å². The van der Waals surface area contributed by atoms with E-state index in [4.69, 9.17) is 4.98 Å². The first-order valence-corrected chi connectivity index (χ1v) is 14.8. The average Bonchev–Trinajstić information content (AvgIpc) is 3.12. The fourth-order valence-electron chi connectivity index (χ4n) is 6.16. The van der Waals surface area contributed by atoms with E-state index in [-0.39, 0.29) is 0 Å². The Bertz CT molecular complexity index is 2230. The van der Waals surface area contributed by atoms with Gasteiger partial charge in [0.25, 0.3) is 0 Å². The molecule has 0 radical (unpaired) electrons. The van der Waals surface area contributed by atoms with Crippen molar-refractivity contribution >= 4 is 21.5 Å². The second-order valence-corrected chi connectivity index (χ2v) is 10.9. The molecular formula is C41H27N3. The Kier molecular flexibility index (Phi) is 6.47. The van der Waals surface area contributed by atoms with Crippen LogP contribution in [0, 0.1) is 0 Å². The van der Waals surface area contributed by atoms with Crippen LogP contribution in [0.1, 0.15) is 0 Å². The van der Waals surface area contributed by atoms with Gasteiger partial charge in [-0.25, -0.2) is 0 Å². The fourth-order valence-corrected chi connectivity index (χ4v) is 6.16. The summed E-state index contributed by atoms with van der Waals surface area (Å²) in [7, 11) is 0. The smallest absolute Gasteiger partial charge is 0.0886 e. The third-order valence-corrected chi connectivity index (χ3v) is 8.24. The lowest BCUT2D eigenvalue weighted by Crippen LogP contribution is -1.93. The minimum Gasteiger partial charge on any atom is -0.256 e. The molecule has 8 aromatic rings. The molecule has 0 aliphatic heterocycles. The molecule has 3 heterocycles. The highest BCUT2D eigenvalue weighted by molar-refractivity contribution is 6.22. The SMILES string of the molecule is c1ccc(-c2ccc3c(-c4ccc(-c5ccccn5)nc4)c4ccccc4c(-c4ccc(-c5ccccn5)cc4)c3c2)cc1. The number of aromatic nitrogens is 3. The highest BCUT2D eigenvalue weighted by Crippen LogP contribution is 2.45. The Labute approximate surface area is 256 Å². The largest absolute Gasteiger partial charge is 0.256 e. The Morgan fingerprint density at radius 1 is 0.295 bits per heavy atom. The van der Waals surface area contributed by atoms with Crippen molar-refractivity contribution in [2.45, 2.75) is 0 Å². The third-order valence-electron chi connectivity index (χ3n) is 8.24. The fraction of sp³-hybridized carbons (Fsp3) is 0. The summed E-state index contributed by atoms with van der Waals surface area (Å²) in [5.74, 6) is 0. The van der Waals surface area contributed by atoms with Crippen molar-refractivity contribution in [3.8, 4) is 56.0 Å². The normalized spacial score (nSPS) is 11.2. The molecule has 3 heteroatoms. The zero-order valence-corrected chi connectivity index (χ0v) is 23.9. The van der Waals surface area contributed by atoms with Gasteiger partial charge >= 0.3 is 0 Å². The molecule has 0 spiro atoms. The van der Waals surface area contributed by atoms with Crippen LogP contribution in [-0.2, 0) is 0 Å². The van der Waals surface area contributed by atoms with Gasteiger partial charge in [-0.2, -0.15) is 0 Å².